The van der Waals surface area contributed by atoms with Crippen molar-refractivity contribution >= 4 is 56.4 Å². The fourth-order valence-corrected chi connectivity index (χ4v) is 4.36. The Morgan fingerprint density at radius 1 is 1.04 bits per heavy atom. The minimum atomic E-state index is -4.08. The number of carbonyl (C=O) groups excluding carboxylic acids is 1. The first-order valence-corrected chi connectivity index (χ1v) is 11.1. The zero-order valence-corrected chi connectivity index (χ0v) is 18.4. The van der Waals surface area contributed by atoms with E-state index in [0.29, 0.717) is 11.6 Å². The summed E-state index contributed by atoms with van der Waals surface area (Å²) in [6.45, 7) is 1.40. The van der Waals surface area contributed by atoms with Crippen molar-refractivity contribution in [1.29, 1.82) is 0 Å². The standard InChI is InChI=1S/C18H20Cl3N3O3S/c1-24(2)9-3-8-22-18(25)12-4-6-15(21)17(10-12)28(26,27)23-16-11-13(19)5-7-14(16)20/h4-7,10-11,23H,3,8-9H2,1-2H3,(H,22,25)/p+1. The number of amides is 1. The molecule has 0 spiro atoms. The number of sulfonamides is 1. The number of rotatable bonds is 8. The Morgan fingerprint density at radius 2 is 1.71 bits per heavy atom. The Hall–Kier alpha value is -1.51. The monoisotopic (exact) mass is 464 g/mol. The maximum atomic E-state index is 12.8. The lowest BCUT2D eigenvalue weighted by Gasteiger charge is -2.13. The molecule has 0 bridgehead atoms. The van der Waals surface area contributed by atoms with Crippen LogP contribution in [-0.4, -0.2) is 41.5 Å². The van der Waals surface area contributed by atoms with Gasteiger partial charge in [-0.15, -0.1) is 0 Å². The van der Waals surface area contributed by atoms with Crippen LogP contribution in [0, 0.1) is 0 Å². The molecule has 0 aliphatic heterocycles. The van der Waals surface area contributed by atoms with Crippen molar-refractivity contribution in [3.8, 4) is 0 Å². The third kappa shape index (κ3) is 6.25. The first-order chi connectivity index (χ1) is 13.1. The molecule has 0 saturated carbocycles. The van der Waals surface area contributed by atoms with Crippen LogP contribution in [0.4, 0.5) is 5.69 Å². The number of hydrogen-bond donors (Lipinski definition) is 3. The highest BCUT2D eigenvalue weighted by molar-refractivity contribution is 7.92. The summed E-state index contributed by atoms with van der Waals surface area (Å²) in [6, 6.07) is 8.48. The molecule has 0 aromatic heterocycles. The van der Waals surface area contributed by atoms with Crippen LogP contribution >= 0.6 is 34.8 Å². The van der Waals surface area contributed by atoms with Crippen molar-refractivity contribution in [3.05, 3.63) is 57.0 Å². The summed E-state index contributed by atoms with van der Waals surface area (Å²) in [6.07, 6.45) is 0.807. The molecule has 2 aromatic carbocycles. The van der Waals surface area contributed by atoms with Gasteiger partial charge in [-0.2, -0.15) is 0 Å². The molecule has 0 saturated heterocycles. The number of halogens is 3. The van der Waals surface area contributed by atoms with E-state index < -0.39 is 10.0 Å². The third-order valence-corrected chi connectivity index (χ3v) is 6.21. The molecule has 0 aliphatic carbocycles. The number of nitrogens with one attached hydrogen (secondary N) is 3. The minimum absolute atomic E-state index is 0.0154. The van der Waals surface area contributed by atoms with E-state index in [1.54, 1.807) is 0 Å². The Kier molecular flexibility index (Phi) is 7.97. The normalized spacial score (nSPS) is 11.5. The maximum absolute atomic E-state index is 12.8. The Balaban J connectivity index is 2.21. The second kappa shape index (κ2) is 9.80. The zero-order valence-electron chi connectivity index (χ0n) is 15.4. The predicted molar refractivity (Wildman–Crippen MR) is 113 cm³/mol. The van der Waals surface area contributed by atoms with Gasteiger partial charge in [0.05, 0.1) is 36.4 Å². The average molecular weight is 466 g/mol. The first-order valence-electron chi connectivity index (χ1n) is 8.45. The Bertz CT molecular complexity index is 966. The number of hydrogen-bond acceptors (Lipinski definition) is 3. The van der Waals surface area contributed by atoms with Gasteiger partial charge in [0.2, 0.25) is 0 Å². The van der Waals surface area contributed by atoms with Crippen molar-refractivity contribution in [2.45, 2.75) is 11.3 Å². The Morgan fingerprint density at radius 3 is 2.39 bits per heavy atom. The molecule has 3 N–H and O–H groups in total. The van der Waals surface area contributed by atoms with Crippen molar-refractivity contribution in [2.24, 2.45) is 0 Å². The summed E-state index contributed by atoms with van der Waals surface area (Å²) < 4.78 is 27.9. The van der Waals surface area contributed by atoms with Crippen molar-refractivity contribution in [2.75, 3.05) is 31.9 Å². The molecule has 28 heavy (non-hydrogen) atoms. The largest absolute Gasteiger partial charge is 0.352 e. The highest BCUT2D eigenvalue weighted by atomic mass is 35.5. The van der Waals surface area contributed by atoms with E-state index in [1.807, 2.05) is 14.1 Å². The lowest BCUT2D eigenvalue weighted by Crippen LogP contribution is -3.05. The van der Waals surface area contributed by atoms with Crippen LogP contribution in [0.15, 0.2) is 41.3 Å². The number of quaternary nitrogens is 1. The van der Waals surface area contributed by atoms with Crippen LogP contribution < -0.4 is 14.9 Å². The molecule has 2 aromatic rings. The van der Waals surface area contributed by atoms with Crippen molar-refractivity contribution < 1.29 is 18.1 Å². The highest BCUT2D eigenvalue weighted by Crippen LogP contribution is 2.30. The molecular formula is C18H21Cl3N3O3S+. The molecule has 152 valence electrons. The molecule has 0 heterocycles. The first kappa shape index (κ1) is 22.8. The fraction of sp³-hybridized carbons (Fsp3) is 0.278. The van der Waals surface area contributed by atoms with Gasteiger partial charge in [-0.1, -0.05) is 34.8 Å². The zero-order chi connectivity index (χ0) is 20.9. The SMILES string of the molecule is C[NH+](C)CCCNC(=O)c1ccc(Cl)c(S(=O)(=O)Nc2cc(Cl)ccc2Cl)c1. The van der Waals surface area contributed by atoms with Gasteiger partial charge in [0.15, 0.2) is 0 Å². The van der Waals surface area contributed by atoms with Crippen LogP contribution in [0.5, 0.6) is 0 Å². The van der Waals surface area contributed by atoms with E-state index >= 15 is 0 Å². The molecule has 10 heteroatoms. The van der Waals surface area contributed by atoms with E-state index in [4.69, 9.17) is 34.8 Å². The number of benzene rings is 2. The van der Waals surface area contributed by atoms with E-state index in [1.165, 1.54) is 41.3 Å². The van der Waals surface area contributed by atoms with E-state index in [9.17, 15) is 13.2 Å². The smallest absolute Gasteiger partial charge is 0.263 e. The van der Waals surface area contributed by atoms with E-state index in [0.717, 1.165) is 13.0 Å². The molecular weight excluding hydrogens is 445 g/mol. The van der Waals surface area contributed by atoms with Crippen LogP contribution in [-0.2, 0) is 10.0 Å². The lowest BCUT2D eigenvalue weighted by molar-refractivity contribution is -0.858. The van der Waals surface area contributed by atoms with Gasteiger partial charge in [-0.25, -0.2) is 8.42 Å². The fourth-order valence-electron chi connectivity index (χ4n) is 2.37. The van der Waals surface area contributed by atoms with Crippen LogP contribution in [0.3, 0.4) is 0 Å². The quantitative estimate of drug-likeness (QED) is 0.525. The van der Waals surface area contributed by atoms with Gasteiger partial charge in [-0.05, 0) is 36.4 Å². The molecule has 0 aliphatic rings. The average Bonchev–Trinajstić information content (AvgIpc) is 2.61. The third-order valence-electron chi connectivity index (χ3n) is 3.79. The van der Waals surface area contributed by atoms with Gasteiger partial charge in [0, 0.05) is 23.6 Å². The van der Waals surface area contributed by atoms with Gasteiger partial charge in [0.25, 0.3) is 15.9 Å². The Labute approximate surface area is 179 Å². The van der Waals surface area contributed by atoms with Crippen molar-refractivity contribution in [3.63, 3.8) is 0 Å². The van der Waals surface area contributed by atoms with Gasteiger partial charge in [-0.3, -0.25) is 9.52 Å². The summed E-state index contributed by atoms with van der Waals surface area (Å²) in [7, 11) is -0.0338. The predicted octanol–water partition coefficient (Wildman–Crippen LogP) is 2.71. The number of anilines is 1. The second-order valence-electron chi connectivity index (χ2n) is 6.44. The van der Waals surface area contributed by atoms with Gasteiger partial charge < -0.3 is 10.2 Å². The van der Waals surface area contributed by atoms with Gasteiger partial charge in [0.1, 0.15) is 4.90 Å². The topological polar surface area (TPSA) is 79.7 Å². The molecule has 0 radical (unpaired) electrons. The van der Waals surface area contributed by atoms with E-state index in [-0.39, 0.29) is 32.1 Å². The molecule has 1 amide bonds. The molecule has 2 rings (SSSR count). The summed E-state index contributed by atoms with van der Waals surface area (Å²) in [5.41, 5.74) is 0.311. The maximum Gasteiger partial charge on any atom is 0.263 e. The molecule has 6 nitrogen and oxygen atoms in total. The number of carbonyl (C=O) groups is 1. The summed E-state index contributed by atoms with van der Waals surface area (Å²) in [5.74, 6) is -0.373. The molecule has 0 unspecified atom stereocenters. The minimum Gasteiger partial charge on any atom is -0.352 e. The van der Waals surface area contributed by atoms with Crippen molar-refractivity contribution in [1.82, 2.24) is 5.32 Å². The lowest BCUT2D eigenvalue weighted by atomic mass is 10.2. The molecule has 0 fully saturated rings. The summed E-state index contributed by atoms with van der Waals surface area (Å²) >= 11 is 18.0. The van der Waals surface area contributed by atoms with Crippen LogP contribution in [0.1, 0.15) is 16.8 Å². The van der Waals surface area contributed by atoms with Crippen LogP contribution in [0.25, 0.3) is 0 Å². The summed E-state index contributed by atoms with van der Waals surface area (Å²) in [4.78, 5) is 13.4. The molecule has 0 atom stereocenters. The summed E-state index contributed by atoms with van der Waals surface area (Å²) in [5, 5.41) is 3.26. The van der Waals surface area contributed by atoms with E-state index in [2.05, 4.69) is 10.0 Å². The van der Waals surface area contributed by atoms with Gasteiger partial charge >= 0.3 is 0 Å². The highest BCUT2D eigenvalue weighted by Gasteiger charge is 2.21. The second-order valence-corrected chi connectivity index (χ2v) is 9.34. The van der Waals surface area contributed by atoms with Crippen LogP contribution in [0.2, 0.25) is 15.1 Å².